The Bertz CT molecular complexity index is 1710. The maximum atomic E-state index is 14.0. The van der Waals surface area contributed by atoms with E-state index in [1.807, 2.05) is 48.6 Å². The first-order valence-corrected chi connectivity index (χ1v) is 14.0. The maximum absolute atomic E-state index is 14.0. The summed E-state index contributed by atoms with van der Waals surface area (Å²) in [5, 5.41) is 10.7. The van der Waals surface area contributed by atoms with Gasteiger partial charge in [-0.05, 0) is 49.2 Å². The summed E-state index contributed by atoms with van der Waals surface area (Å²) in [5.41, 5.74) is 2.17. The van der Waals surface area contributed by atoms with Gasteiger partial charge in [0.1, 0.15) is 4.83 Å². The van der Waals surface area contributed by atoms with Gasteiger partial charge in [-0.25, -0.2) is 4.40 Å². The fourth-order valence-electron chi connectivity index (χ4n) is 4.61. The molecule has 0 unspecified atom stereocenters. The highest BCUT2D eigenvalue weighted by atomic mass is 35.5. The quantitative estimate of drug-likeness (QED) is 0.201. The molecule has 0 saturated heterocycles. The number of Topliss-reactive ketones (excluding diaryl/α,β-unsaturated/α-hetero) is 1. The number of hydrogen-bond donors (Lipinski definition) is 0. The van der Waals surface area contributed by atoms with Gasteiger partial charge in [-0.15, -0.1) is 21.5 Å². The van der Waals surface area contributed by atoms with Gasteiger partial charge >= 0.3 is 0 Å². The molecule has 0 spiro atoms. The van der Waals surface area contributed by atoms with Crippen LogP contribution in [0.4, 0.5) is 0 Å². The molecule has 0 saturated carbocycles. The van der Waals surface area contributed by atoms with Crippen molar-refractivity contribution in [3.8, 4) is 0 Å². The fraction of sp³-hybridized carbons (Fsp3) is 0.259. The molecule has 0 N–H and O–H groups in total. The Morgan fingerprint density at radius 1 is 1.14 bits per heavy atom. The van der Waals surface area contributed by atoms with Gasteiger partial charge in [0.25, 0.3) is 5.56 Å². The lowest BCUT2D eigenvalue weighted by Gasteiger charge is -2.29. The van der Waals surface area contributed by atoms with Gasteiger partial charge in [0, 0.05) is 21.9 Å². The average molecular weight is 551 g/mol. The molecule has 10 heteroatoms. The molecule has 1 aliphatic rings. The molecule has 0 radical (unpaired) electrons. The van der Waals surface area contributed by atoms with E-state index in [0.29, 0.717) is 46.5 Å². The molecule has 2 aromatic carbocycles. The predicted molar refractivity (Wildman–Crippen MR) is 147 cm³/mol. The SMILES string of the molecule is CC1(C)Cc2c(sc3c2c(=O)n(Cc2ccccc2)c2nnc(SCC(=O)c4ccc(Cl)cc4)n32)CO1. The first-order chi connectivity index (χ1) is 17.8. The third-order valence-electron chi connectivity index (χ3n) is 6.47. The van der Waals surface area contributed by atoms with Gasteiger partial charge in [0.15, 0.2) is 10.9 Å². The van der Waals surface area contributed by atoms with Crippen LogP contribution in [-0.4, -0.2) is 36.3 Å². The van der Waals surface area contributed by atoms with Crippen LogP contribution in [0.1, 0.15) is 40.2 Å². The Balaban J connectivity index is 1.49. The number of ketones is 1. The van der Waals surface area contributed by atoms with E-state index in [9.17, 15) is 9.59 Å². The molecular weight excluding hydrogens is 528 g/mol. The largest absolute Gasteiger partial charge is 0.370 e. The van der Waals surface area contributed by atoms with Gasteiger partial charge in [-0.2, -0.15) is 0 Å². The molecule has 0 amide bonds. The second-order valence-electron chi connectivity index (χ2n) is 9.62. The van der Waals surface area contributed by atoms with Crippen LogP contribution < -0.4 is 5.56 Å². The molecule has 0 atom stereocenters. The zero-order valence-corrected chi connectivity index (χ0v) is 22.6. The van der Waals surface area contributed by atoms with Gasteiger partial charge in [-0.1, -0.05) is 53.7 Å². The van der Waals surface area contributed by atoms with Crippen molar-refractivity contribution >= 4 is 56.5 Å². The van der Waals surface area contributed by atoms with Crippen LogP contribution in [0.15, 0.2) is 64.5 Å². The van der Waals surface area contributed by atoms with Crippen LogP contribution in [-0.2, 0) is 24.3 Å². The van der Waals surface area contributed by atoms with Crippen molar-refractivity contribution in [1.82, 2.24) is 19.2 Å². The molecule has 37 heavy (non-hydrogen) atoms. The van der Waals surface area contributed by atoms with Crippen molar-refractivity contribution < 1.29 is 9.53 Å². The number of thiophene rings is 1. The number of halogens is 1. The molecule has 1 aliphatic heterocycles. The minimum absolute atomic E-state index is 0.0344. The zero-order chi connectivity index (χ0) is 25.7. The first kappa shape index (κ1) is 24.4. The second-order valence-corrected chi connectivity index (χ2v) is 12.1. The third kappa shape index (κ3) is 4.50. The van der Waals surface area contributed by atoms with Gasteiger partial charge in [-0.3, -0.25) is 14.2 Å². The van der Waals surface area contributed by atoms with Crippen molar-refractivity contribution in [2.45, 2.75) is 44.2 Å². The summed E-state index contributed by atoms with van der Waals surface area (Å²) in [6.45, 7) is 4.92. The maximum Gasteiger partial charge on any atom is 0.264 e. The number of carbonyl (C=O) groups is 1. The zero-order valence-electron chi connectivity index (χ0n) is 20.2. The average Bonchev–Trinajstić information content (AvgIpc) is 3.47. The first-order valence-electron chi connectivity index (χ1n) is 11.8. The number of benzene rings is 2. The summed E-state index contributed by atoms with van der Waals surface area (Å²) in [7, 11) is 0. The van der Waals surface area contributed by atoms with Crippen molar-refractivity contribution in [3.63, 3.8) is 0 Å². The Labute approximate surface area is 226 Å². The molecular formula is C27H23ClN4O3S2. The van der Waals surface area contributed by atoms with Gasteiger partial charge < -0.3 is 4.74 Å². The van der Waals surface area contributed by atoms with Crippen LogP contribution in [0.3, 0.4) is 0 Å². The summed E-state index contributed by atoms with van der Waals surface area (Å²) in [6, 6.07) is 16.7. The van der Waals surface area contributed by atoms with Crippen LogP contribution in [0.2, 0.25) is 5.02 Å². The smallest absolute Gasteiger partial charge is 0.264 e. The van der Waals surface area contributed by atoms with Gasteiger partial charge in [0.05, 0.1) is 29.9 Å². The van der Waals surface area contributed by atoms with E-state index >= 15 is 0 Å². The number of hydrogen-bond acceptors (Lipinski definition) is 7. The number of carbonyl (C=O) groups excluding carboxylic acids is 1. The van der Waals surface area contributed by atoms with Crippen molar-refractivity contribution in [2.24, 2.45) is 0 Å². The Hall–Kier alpha value is -2.98. The van der Waals surface area contributed by atoms with Crippen LogP contribution in [0.25, 0.3) is 16.0 Å². The third-order valence-corrected chi connectivity index (χ3v) is 8.84. The molecule has 0 fully saturated rings. The molecule has 188 valence electrons. The summed E-state index contributed by atoms with van der Waals surface area (Å²) >= 11 is 8.82. The second kappa shape index (κ2) is 9.40. The molecule has 0 aliphatic carbocycles. The lowest BCUT2D eigenvalue weighted by Crippen LogP contribution is -2.32. The predicted octanol–water partition coefficient (Wildman–Crippen LogP) is 5.63. The van der Waals surface area contributed by atoms with E-state index in [1.54, 1.807) is 40.2 Å². The van der Waals surface area contributed by atoms with Crippen molar-refractivity contribution in [2.75, 3.05) is 5.75 Å². The topological polar surface area (TPSA) is 78.5 Å². The van der Waals surface area contributed by atoms with E-state index < -0.39 is 0 Å². The van der Waals surface area contributed by atoms with E-state index in [4.69, 9.17) is 16.3 Å². The molecule has 4 heterocycles. The summed E-state index contributed by atoms with van der Waals surface area (Å²) in [6.07, 6.45) is 0.647. The normalized spacial score (nSPS) is 14.8. The summed E-state index contributed by atoms with van der Waals surface area (Å²) in [4.78, 5) is 28.6. The van der Waals surface area contributed by atoms with E-state index in [1.165, 1.54) is 11.8 Å². The summed E-state index contributed by atoms with van der Waals surface area (Å²) < 4.78 is 9.66. The number of aromatic nitrogens is 4. The molecule has 6 rings (SSSR count). The van der Waals surface area contributed by atoms with E-state index in [-0.39, 0.29) is 22.7 Å². The highest BCUT2D eigenvalue weighted by Gasteiger charge is 2.32. The van der Waals surface area contributed by atoms with Crippen molar-refractivity contribution in [3.05, 3.63) is 91.5 Å². The summed E-state index contributed by atoms with van der Waals surface area (Å²) in [5.74, 6) is 0.609. The van der Waals surface area contributed by atoms with Gasteiger partial charge in [0.2, 0.25) is 5.78 Å². The number of fused-ring (bicyclic) bond motifs is 5. The highest BCUT2D eigenvalue weighted by molar-refractivity contribution is 7.99. The number of nitrogens with zero attached hydrogens (tertiary/aromatic N) is 4. The Kier molecular flexibility index (Phi) is 6.19. The minimum Gasteiger partial charge on any atom is -0.370 e. The fourth-order valence-corrected chi connectivity index (χ4v) is 6.84. The lowest BCUT2D eigenvalue weighted by molar-refractivity contribution is -0.0379. The standard InChI is InChI=1S/C27H23ClN4O3S2/c1-27(2)12-19-21(14-35-27)37-24-22(19)23(34)31(13-16-6-4-3-5-7-16)25-29-30-26(32(24)25)36-15-20(33)17-8-10-18(28)11-9-17/h3-11H,12-15H2,1-2H3. The van der Waals surface area contributed by atoms with Crippen LogP contribution in [0.5, 0.6) is 0 Å². The molecule has 3 aromatic heterocycles. The highest BCUT2D eigenvalue weighted by Crippen LogP contribution is 2.38. The van der Waals surface area contributed by atoms with Crippen molar-refractivity contribution in [1.29, 1.82) is 0 Å². The number of ether oxygens (including phenoxy) is 1. The Morgan fingerprint density at radius 2 is 1.89 bits per heavy atom. The van der Waals surface area contributed by atoms with Crippen LogP contribution >= 0.6 is 34.7 Å². The number of rotatable bonds is 6. The lowest BCUT2D eigenvalue weighted by atomic mass is 9.94. The molecule has 7 nitrogen and oxygen atoms in total. The van der Waals surface area contributed by atoms with E-state index in [2.05, 4.69) is 10.2 Å². The van der Waals surface area contributed by atoms with E-state index in [0.717, 1.165) is 20.8 Å². The molecule has 5 aromatic rings. The van der Waals surface area contributed by atoms with Crippen LogP contribution in [0, 0.1) is 0 Å². The number of thioether (sulfide) groups is 1. The molecule has 0 bridgehead atoms. The minimum atomic E-state index is -0.359. The Morgan fingerprint density at radius 3 is 2.65 bits per heavy atom. The monoisotopic (exact) mass is 550 g/mol.